The van der Waals surface area contributed by atoms with Crippen molar-refractivity contribution in [2.24, 2.45) is 0 Å². The molecule has 5 nitrogen and oxygen atoms in total. The fraction of sp³-hybridized carbons (Fsp3) is 0.286. The lowest BCUT2D eigenvalue weighted by Crippen LogP contribution is -2.16. The van der Waals surface area contributed by atoms with Gasteiger partial charge in [0.1, 0.15) is 5.75 Å². The number of thiazole rings is 1. The van der Waals surface area contributed by atoms with E-state index in [-0.39, 0.29) is 6.42 Å². The van der Waals surface area contributed by atoms with E-state index in [0.717, 1.165) is 16.4 Å². The first-order valence-corrected chi connectivity index (χ1v) is 6.97. The summed E-state index contributed by atoms with van der Waals surface area (Å²) in [5.41, 5.74) is 1.65. The van der Waals surface area contributed by atoms with Crippen LogP contribution in [0.4, 0.5) is 5.13 Å². The van der Waals surface area contributed by atoms with Crippen LogP contribution < -0.4 is 9.64 Å². The second-order valence-electron chi connectivity index (χ2n) is 4.36. The zero-order chi connectivity index (χ0) is 14.5. The van der Waals surface area contributed by atoms with Crippen molar-refractivity contribution in [3.8, 4) is 5.75 Å². The van der Waals surface area contributed by atoms with Crippen molar-refractivity contribution >= 4 is 22.4 Å². The number of nitrogens with zero attached hydrogens (tertiary/aromatic N) is 2. The smallest absolute Gasteiger partial charge is 0.309 e. The quantitative estimate of drug-likeness (QED) is 0.886. The summed E-state index contributed by atoms with van der Waals surface area (Å²) >= 11 is 1.44. The molecule has 1 aromatic carbocycles. The highest BCUT2D eigenvalue weighted by atomic mass is 32.1. The summed E-state index contributed by atoms with van der Waals surface area (Å²) in [7, 11) is 3.57. The molecule has 6 heteroatoms. The Hall–Kier alpha value is -2.08. The fourth-order valence-corrected chi connectivity index (χ4v) is 2.66. The van der Waals surface area contributed by atoms with Crippen LogP contribution in [0.2, 0.25) is 0 Å². The molecular weight excluding hydrogens is 276 g/mol. The van der Waals surface area contributed by atoms with Gasteiger partial charge in [-0.1, -0.05) is 18.2 Å². The van der Waals surface area contributed by atoms with Crippen molar-refractivity contribution in [1.82, 2.24) is 4.98 Å². The van der Waals surface area contributed by atoms with E-state index in [0.29, 0.717) is 12.2 Å². The van der Waals surface area contributed by atoms with Gasteiger partial charge >= 0.3 is 5.97 Å². The van der Waals surface area contributed by atoms with Gasteiger partial charge in [0.25, 0.3) is 0 Å². The largest absolute Gasteiger partial charge is 0.496 e. The molecule has 0 aliphatic rings. The van der Waals surface area contributed by atoms with Crippen molar-refractivity contribution in [1.29, 1.82) is 0 Å². The average Bonchev–Trinajstić information content (AvgIpc) is 2.87. The molecule has 1 heterocycles. The van der Waals surface area contributed by atoms with Gasteiger partial charge in [-0.2, -0.15) is 0 Å². The van der Waals surface area contributed by atoms with Crippen LogP contribution in [-0.4, -0.2) is 30.2 Å². The molecule has 106 valence electrons. The van der Waals surface area contributed by atoms with Gasteiger partial charge in [0, 0.05) is 24.5 Å². The predicted molar refractivity (Wildman–Crippen MR) is 78.6 cm³/mol. The number of carboxylic acid groups (broad SMARTS) is 1. The Morgan fingerprint density at radius 3 is 2.90 bits per heavy atom. The highest BCUT2D eigenvalue weighted by Crippen LogP contribution is 2.24. The van der Waals surface area contributed by atoms with Crippen molar-refractivity contribution < 1.29 is 14.6 Å². The zero-order valence-corrected chi connectivity index (χ0v) is 12.2. The number of hydrogen-bond acceptors (Lipinski definition) is 5. The van der Waals surface area contributed by atoms with E-state index < -0.39 is 5.97 Å². The van der Waals surface area contributed by atoms with Crippen LogP contribution >= 0.6 is 11.3 Å². The highest BCUT2D eigenvalue weighted by Gasteiger charge is 2.11. The third-order valence-electron chi connectivity index (χ3n) is 2.80. The number of anilines is 1. The second-order valence-corrected chi connectivity index (χ2v) is 5.20. The Balaban J connectivity index is 2.09. The van der Waals surface area contributed by atoms with Gasteiger partial charge in [-0.25, -0.2) is 4.98 Å². The predicted octanol–water partition coefficient (Wildman–Crippen LogP) is 2.42. The molecule has 0 saturated heterocycles. The molecule has 2 aromatic rings. The molecule has 0 bridgehead atoms. The standard InChI is InChI=1S/C14H16N2O3S/c1-16(8-10-5-3-4-6-12(10)19-2)14-15-11(9-20-14)7-13(17)18/h3-6,9H,7-8H2,1-2H3,(H,17,18). The van der Waals surface area contributed by atoms with Gasteiger partial charge in [0.15, 0.2) is 5.13 Å². The lowest BCUT2D eigenvalue weighted by molar-refractivity contribution is -0.136. The monoisotopic (exact) mass is 292 g/mol. The number of aromatic nitrogens is 1. The summed E-state index contributed by atoms with van der Waals surface area (Å²) in [6.07, 6.45) is -0.0427. The molecule has 0 radical (unpaired) electrons. The van der Waals surface area contributed by atoms with Crippen molar-refractivity contribution in [3.05, 3.63) is 40.9 Å². The Bertz CT molecular complexity index is 598. The first kappa shape index (κ1) is 14.3. The highest BCUT2D eigenvalue weighted by molar-refractivity contribution is 7.13. The molecule has 0 amide bonds. The maximum atomic E-state index is 10.7. The number of methoxy groups -OCH3 is 1. The summed E-state index contributed by atoms with van der Waals surface area (Å²) in [5, 5.41) is 11.3. The fourth-order valence-electron chi connectivity index (χ4n) is 1.86. The van der Waals surface area contributed by atoms with E-state index in [9.17, 15) is 4.79 Å². The minimum atomic E-state index is -0.866. The Kier molecular flexibility index (Phi) is 4.57. The normalized spacial score (nSPS) is 10.3. The number of aliphatic carboxylic acids is 1. The van der Waals surface area contributed by atoms with Crippen molar-refractivity contribution in [3.63, 3.8) is 0 Å². The Morgan fingerprint density at radius 2 is 2.20 bits per heavy atom. The van der Waals surface area contributed by atoms with Crippen LogP contribution in [-0.2, 0) is 17.8 Å². The van der Waals surface area contributed by atoms with Crippen LogP contribution in [0.3, 0.4) is 0 Å². The molecule has 0 atom stereocenters. The third kappa shape index (κ3) is 3.48. The number of benzene rings is 1. The van der Waals surface area contributed by atoms with E-state index in [4.69, 9.17) is 9.84 Å². The Morgan fingerprint density at radius 1 is 1.45 bits per heavy atom. The number of hydrogen-bond donors (Lipinski definition) is 1. The number of ether oxygens (including phenoxy) is 1. The first-order chi connectivity index (χ1) is 9.60. The van der Waals surface area contributed by atoms with E-state index in [1.54, 1.807) is 12.5 Å². The summed E-state index contributed by atoms with van der Waals surface area (Å²) < 4.78 is 5.32. The van der Waals surface area contributed by atoms with Gasteiger partial charge in [-0.3, -0.25) is 4.79 Å². The molecule has 0 saturated carbocycles. The van der Waals surface area contributed by atoms with E-state index in [1.807, 2.05) is 36.2 Å². The van der Waals surface area contributed by atoms with Gasteiger partial charge in [0.05, 0.1) is 19.2 Å². The number of carbonyl (C=O) groups is 1. The Labute approximate surface area is 121 Å². The second kappa shape index (κ2) is 6.38. The summed E-state index contributed by atoms with van der Waals surface area (Å²) in [4.78, 5) is 17.0. The lowest BCUT2D eigenvalue weighted by atomic mass is 10.2. The molecule has 20 heavy (non-hydrogen) atoms. The molecule has 0 spiro atoms. The molecule has 1 aromatic heterocycles. The van der Waals surface area contributed by atoms with Gasteiger partial charge < -0.3 is 14.7 Å². The lowest BCUT2D eigenvalue weighted by Gasteiger charge is -2.17. The minimum Gasteiger partial charge on any atom is -0.496 e. The third-order valence-corrected chi connectivity index (χ3v) is 3.80. The number of carboxylic acids is 1. The minimum absolute atomic E-state index is 0.0427. The number of para-hydroxylation sites is 1. The topological polar surface area (TPSA) is 62.7 Å². The summed E-state index contributed by atoms with van der Waals surface area (Å²) in [5.74, 6) is -0.0316. The van der Waals surface area contributed by atoms with Gasteiger partial charge in [0.2, 0.25) is 0 Å². The van der Waals surface area contributed by atoms with E-state index >= 15 is 0 Å². The first-order valence-electron chi connectivity index (χ1n) is 6.09. The molecule has 0 fully saturated rings. The van der Waals surface area contributed by atoms with Crippen LogP contribution in [0.1, 0.15) is 11.3 Å². The number of rotatable bonds is 6. The van der Waals surface area contributed by atoms with Crippen LogP contribution in [0.5, 0.6) is 5.75 Å². The average molecular weight is 292 g/mol. The maximum Gasteiger partial charge on any atom is 0.309 e. The van der Waals surface area contributed by atoms with E-state index in [2.05, 4.69) is 4.98 Å². The SMILES string of the molecule is COc1ccccc1CN(C)c1nc(CC(=O)O)cs1. The maximum absolute atomic E-state index is 10.7. The summed E-state index contributed by atoms with van der Waals surface area (Å²) in [6, 6.07) is 7.81. The van der Waals surface area contributed by atoms with Crippen LogP contribution in [0.25, 0.3) is 0 Å². The molecule has 0 aliphatic heterocycles. The van der Waals surface area contributed by atoms with Crippen LogP contribution in [0.15, 0.2) is 29.6 Å². The molecule has 0 unspecified atom stereocenters. The zero-order valence-electron chi connectivity index (χ0n) is 11.4. The van der Waals surface area contributed by atoms with E-state index in [1.165, 1.54) is 11.3 Å². The van der Waals surface area contributed by atoms with Crippen molar-refractivity contribution in [2.75, 3.05) is 19.1 Å². The van der Waals surface area contributed by atoms with Crippen LogP contribution in [0, 0.1) is 0 Å². The van der Waals surface area contributed by atoms with Gasteiger partial charge in [-0.05, 0) is 6.07 Å². The molecule has 2 rings (SSSR count). The van der Waals surface area contributed by atoms with Crippen molar-refractivity contribution in [2.45, 2.75) is 13.0 Å². The molecule has 1 N–H and O–H groups in total. The molecular formula is C14H16N2O3S. The van der Waals surface area contributed by atoms with Gasteiger partial charge in [-0.15, -0.1) is 11.3 Å². The summed E-state index contributed by atoms with van der Waals surface area (Å²) in [6.45, 7) is 0.657. The molecule has 0 aliphatic carbocycles.